The predicted molar refractivity (Wildman–Crippen MR) is 137 cm³/mol. The van der Waals surface area contributed by atoms with Gasteiger partial charge < -0.3 is 19.5 Å². The number of carbonyl (C=O) groups excluding carboxylic acids is 1. The third-order valence-electron chi connectivity index (χ3n) is 6.28. The minimum absolute atomic E-state index is 0.0233. The van der Waals surface area contributed by atoms with E-state index in [1.807, 2.05) is 109 Å². The third kappa shape index (κ3) is 3.64. The van der Waals surface area contributed by atoms with Crippen molar-refractivity contribution in [3.05, 3.63) is 114 Å². The van der Waals surface area contributed by atoms with Crippen LogP contribution in [0.1, 0.15) is 21.5 Å². The highest BCUT2D eigenvalue weighted by Gasteiger charge is 2.53. The van der Waals surface area contributed by atoms with Gasteiger partial charge in [0.2, 0.25) is 5.72 Å². The van der Waals surface area contributed by atoms with E-state index in [0.29, 0.717) is 22.4 Å². The molecule has 0 aromatic heterocycles. The van der Waals surface area contributed by atoms with Gasteiger partial charge >= 0.3 is 5.97 Å². The number of anilines is 3. The molecule has 4 aromatic rings. The van der Waals surface area contributed by atoms with Crippen molar-refractivity contribution in [2.45, 2.75) is 5.72 Å². The average molecular weight is 467 g/mol. The Labute approximate surface area is 204 Å². The van der Waals surface area contributed by atoms with Crippen molar-refractivity contribution in [3.63, 3.8) is 0 Å². The van der Waals surface area contributed by atoms with Gasteiger partial charge in [0.05, 0.1) is 18.2 Å². The van der Waals surface area contributed by atoms with E-state index in [-0.39, 0.29) is 5.75 Å². The number of phenolic OH excluding ortho intramolecular Hbond substituents is 1. The number of benzene rings is 4. The second-order valence-corrected chi connectivity index (χ2v) is 8.54. The van der Waals surface area contributed by atoms with E-state index < -0.39 is 11.7 Å². The summed E-state index contributed by atoms with van der Waals surface area (Å²) in [6, 6.07) is 29.9. The summed E-state index contributed by atoms with van der Waals surface area (Å²) in [5, 5.41) is 11.3. The van der Waals surface area contributed by atoms with Crippen LogP contribution in [0.3, 0.4) is 0 Å². The van der Waals surface area contributed by atoms with E-state index in [4.69, 9.17) is 9.47 Å². The molecule has 1 atom stereocenters. The van der Waals surface area contributed by atoms with E-state index >= 15 is 0 Å². The van der Waals surface area contributed by atoms with Crippen molar-refractivity contribution in [3.8, 4) is 11.5 Å². The van der Waals surface area contributed by atoms with Crippen LogP contribution >= 0.6 is 0 Å². The van der Waals surface area contributed by atoms with E-state index in [0.717, 1.165) is 17.1 Å². The second-order valence-electron chi connectivity index (χ2n) is 8.54. The maximum Gasteiger partial charge on any atom is 0.341 e. The summed E-state index contributed by atoms with van der Waals surface area (Å²) in [4.78, 5) is 17.1. The molecule has 1 unspecified atom stereocenters. The lowest BCUT2D eigenvalue weighted by Gasteiger charge is -2.42. The Kier molecular flexibility index (Phi) is 5.57. The third-order valence-corrected chi connectivity index (χ3v) is 6.28. The Bertz CT molecular complexity index is 1370. The molecular weight excluding hydrogens is 440 g/mol. The minimum Gasteiger partial charge on any atom is -0.507 e. The van der Waals surface area contributed by atoms with Crippen LogP contribution in [-0.4, -0.2) is 32.3 Å². The molecule has 5 rings (SSSR count). The number of aromatic hydroxyl groups is 1. The molecule has 4 aromatic carbocycles. The number of phenols is 1. The Balaban J connectivity index is 1.85. The second kappa shape index (κ2) is 8.72. The van der Waals surface area contributed by atoms with Gasteiger partial charge in [0, 0.05) is 42.8 Å². The van der Waals surface area contributed by atoms with Crippen molar-refractivity contribution >= 4 is 23.0 Å². The lowest BCUT2D eigenvalue weighted by atomic mass is 9.89. The van der Waals surface area contributed by atoms with Gasteiger partial charge in [-0.25, -0.2) is 4.79 Å². The van der Waals surface area contributed by atoms with E-state index in [9.17, 15) is 9.90 Å². The highest BCUT2D eigenvalue weighted by atomic mass is 16.6. The Morgan fingerprint density at radius 3 is 2.06 bits per heavy atom. The van der Waals surface area contributed by atoms with Gasteiger partial charge in [0.15, 0.2) is 0 Å². The molecule has 0 saturated carbocycles. The van der Waals surface area contributed by atoms with Crippen molar-refractivity contribution in [2.24, 2.45) is 0 Å². The molecule has 0 bridgehead atoms. The quantitative estimate of drug-likeness (QED) is 0.369. The van der Waals surface area contributed by atoms with Crippen LogP contribution in [-0.2, 0) is 10.5 Å². The largest absolute Gasteiger partial charge is 0.507 e. The molecule has 0 fully saturated rings. The topological polar surface area (TPSA) is 62.2 Å². The van der Waals surface area contributed by atoms with Crippen LogP contribution in [0.5, 0.6) is 11.5 Å². The first-order valence-electron chi connectivity index (χ1n) is 11.3. The van der Waals surface area contributed by atoms with Crippen LogP contribution in [0.15, 0.2) is 97.1 Å². The Hall–Kier alpha value is -4.45. The summed E-state index contributed by atoms with van der Waals surface area (Å²) in [6.07, 6.45) is 0. The number of ether oxygens (including phenoxy) is 2. The summed E-state index contributed by atoms with van der Waals surface area (Å²) in [6.45, 7) is 0. The highest BCUT2D eigenvalue weighted by Crippen LogP contribution is 2.52. The van der Waals surface area contributed by atoms with Gasteiger partial charge in [-0.2, -0.15) is 0 Å². The van der Waals surface area contributed by atoms with Crippen LogP contribution < -0.4 is 14.5 Å². The number of para-hydroxylation sites is 1. The zero-order chi connectivity index (χ0) is 24.6. The first kappa shape index (κ1) is 22.3. The lowest BCUT2D eigenvalue weighted by molar-refractivity contribution is 0.0126. The Morgan fingerprint density at radius 2 is 1.40 bits per heavy atom. The molecule has 0 radical (unpaired) electrons. The molecule has 176 valence electrons. The molecule has 6 heteroatoms. The van der Waals surface area contributed by atoms with E-state index in [2.05, 4.69) is 0 Å². The van der Waals surface area contributed by atoms with Gasteiger partial charge in [-0.1, -0.05) is 36.4 Å². The summed E-state index contributed by atoms with van der Waals surface area (Å²) in [7, 11) is 5.43. The fourth-order valence-electron chi connectivity index (χ4n) is 4.59. The molecule has 1 N–H and O–H groups in total. The normalized spacial score (nSPS) is 16.4. The molecule has 1 heterocycles. The first-order valence-corrected chi connectivity index (χ1v) is 11.3. The molecule has 0 amide bonds. The molecule has 1 aliphatic heterocycles. The molecule has 0 aliphatic carbocycles. The van der Waals surface area contributed by atoms with Crippen molar-refractivity contribution in [2.75, 3.05) is 31.0 Å². The van der Waals surface area contributed by atoms with Crippen molar-refractivity contribution in [1.82, 2.24) is 0 Å². The number of carbonyl (C=O) groups is 1. The predicted octanol–water partition coefficient (Wildman–Crippen LogP) is 5.68. The van der Waals surface area contributed by atoms with Gasteiger partial charge in [-0.3, -0.25) is 4.90 Å². The summed E-state index contributed by atoms with van der Waals surface area (Å²) >= 11 is 0. The van der Waals surface area contributed by atoms with Crippen LogP contribution in [0.2, 0.25) is 0 Å². The van der Waals surface area contributed by atoms with Gasteiger partial charge in [-0.15, -0.1) is 0 Å². The number of hydrogen-bond acceptors (Lipinski definition) is 6. The summed E-state index contributed by atoms with van der Waals surface area (Å²) < 4.78 is 11.7. The van der Waals surface area contributed by atoms with Crippen molar-refractivity contribution in [1.29, 1.82) is 0 Å². The molecule has 1 aliphatic rings. The van der Waals surface area contributed by atoms with E-state index in [1.54, 1.807) is 19.2 Å². The zero-order valence-electron chi connectivity index (χ0n) is 19.8. The van der Waals surface area contributed by atoms with Gasteiger partial charge in [0.25, 0.3) is 0 Å². The maximum atomic E-state index is 13.2. The lowest BCUT2D eigenvalue weighted by Crippen LogP contribution is -2.45. The van der Waals surface area contributed by atoms with Gasteiger partial charge in [-0.05, 0) is 54.6 Å². The molecule has 0 spiro atoms. The molecule has 35 heavy (non-hydrogen) atoms. The number of cyclic esters (lactones) is 1. The zero-order valence-corrected chi connectivity index (χ0v) is 19.8. The SMILES string of the molecule is COc1ccc(N(c2ccccc2)C2(c3ccc(N(C)C)cc3O)OC(=O)c3ccccc32)cc1. The molecule has 6 nitrogen and oxygen atoms in total. The summed E-state index contributed by atoms with van der Waals surface area (Å²) in [5.74, 6) is 0.277. The number of methoxy groups -OCH3 is 1. The van der Waals surface area contributed by atoms with E-state index in [1.165, 1.54) is 0 Å². The van der Waals surface area contributed by atoms with Gasteiger partial charge in [0.1, 0.15) is 11.5 Å². The number of rotatable bonds is 6. The molecule has 0 saturated heterocycles. The number of hydrogen-bond donors (Lipinski definition) is 1. The smallest absolute Gasteiger partial charge is 0.341 e. The summed E-state index contributed by atoms with van der Waals surface area (Å²) in [5.41, 5.74) is 2.50. The minimum atomic E-state index is -1.45. The van der Waals surface area contributed by atoms with Crippen LogP contribution in [0.4, 0.5) is 17.1 Å². The first-order chi connectivity index (χ1) is 17.0. The molecular formula is C29H26N2O4. The van der Waals surface area contributed by atoms with Crippen LogP contribution in [0.25, 0.3) is 0 Å². The Morgan fingerprint density at radius 1 is 0.771 bits per heavy atom. The van der Waals surface area contributed by atoms with Crippen LogP contribution in [0, 0.1) is 0 Å². The maximum absolute atomic E-state index is 13.2. The van der Waals surface area contributed by atoms with Crippen molar-refractivity contribution < 1.29 is 19.4 Å². The number of esters is 1. The average Bonchev–Trinajstić information content (AvgIpc) is 3.18. The fraction of sp³-hybridized carbons (Fsp3) is 0.138. The monoisotopic (exact) mass is 466 g/mol. The number of nitrogens with zero attached hydrogens (tertiary/aromatic N) is 2. The standard InChI is InChI=1S/C29H26N2O4/c1-30(2)22-15-18-26(27(32)19-22)29(25-12-8-7-11-24(25)28(33)35-29)31(20-9-5-4-6-10-20)21-13-16-23(34-3)17-14-21/h4-19,32H,1-3H3. The fourth-order valence-corrected chi connectivity index (χ4v) is 4.59. The highest BCUT2D eigenvalue weighted by molar-refractivity contribution is 5.97. The number of fused-ring (bicyclic) bond motifs is 1.